The van der Waals surface area contributed by atoms with E-state index in [0.29, 0.717) is 25.2 Å². The normalized spacial score (nSPS) is 41.4. The predicted molar refractivity (Wildman–Crippen MR) is 97.0 cm³/mol. The lowest BCUT2D eigenvalue weighted by Crippen LogP contribution is -2.38. The Kier molecular flexibility index (Phi) is 5.40. The van der Waals surface area contributed by atoms with Crippen molar-refractivity contribution in [2.45, 2.75) is 77.4 Å². The molecule has 0 aliphatic heterocycles. The van der Waals surface area contributed by atoms with Gasteiger partial charge in [-0.2, -0.15) is 0 Å². The summed E-state index contributed by atoms with van der Waals surface area (Å²) in [5.74, 6) is -0.223. The minimum atomic E-state index is -0.671. The molecule has 0 spiro atoms. The van der Waals surface area contributed by atoms with Gasteiger partial charge in [-0.05, 0) is 68.6 Å². The molecule has 0 heterocycles. The second-order valence-electron chi connectivity index (χ2n) is 8.74. The molecule has 0 bridgehead atoms. The van der Waals surface area contributed by atoms with Crippen LogP contribution in [0.4, 0.5) is 0 Å². The largest absolute Gasteiger partial charge is 0.481 e. The zero-order chi connectivity index (χ0) is 18.2. The molecule has 0 aromatic carbocycles. The van der Waals surface area contributed by atoms with Crippen molar-refractivity contribution in [2.75, 3.05) is 0 Å². The van der Waals surface area contributed by atoms with Crippen LogP contribution in [0, 0.1) is 23.2 Å². The summed E-state index contributed by atoms with van der Waals surface area (Å²) < 4.78 is 0. The van der Waals surface area contributed by atoms with Gasteiger partial charge in [-0.15, -0.1) is 0 Å². The molecular weight excluding hydrogens is 316 g/mol. The van der Waals surface area contributed by atoms with E-state index in [-0.39, 0.29) is 17.3 Å². The number of rotatable bonds is 3. The van der Waals surface area contributed by atoms with Crippen LogP contribution in [-0.2, 0) is 4.79 Å². The van der Waals surface area contributed by atoms with Gasteiger partial charge in [0.25, 0.3) is 0 Å². The number of aliphatic carboxylic acids is 1. The zero-order valence-corrected chi connectivity index (χ0v) is 15.4. The number of aliphatic hydroxyl groups is 2. The topological polar surface area (TPSA) is 77.8 Å². The predicted octanol–water partition coefficient (Wildman–Crippen LogP) is 3.68. The van der Waals surface area contributed by atoms with Crippen LogP contribution in [0.3, 0.4) is 0 Å². The highest BCUT2D eigenvalue weighted by Crippen LogP contribution is 2.59. The van der Waals surface area contributed by atoms with E-state index in [1.54, 1.807) is 0 Å². The molecule has 0 amide bonds. The molecule has 4 nitrogen and oxygen atoms in total. The van der Waals surface area contributed by atoms with Crippen molar-refractivity contribution < 1.29 is 20.1 Å². The average Bonchev–Trinajstić information content (AvgIpc) is 2.88. The number of allylic oxidation sites excluding steroid dienone is 3. The van der Waals surface area contributed by atoms with Crippen LogP contribution in [0.2, 0.25) is 0 Å². The van der Waals surface area contributed by atoms with Crippen LogP contribution in [0.5, 0.6) is 0 Å². The summed E-state index contributed by atoms with van der Waals surface area (Å²) >= 11 is 0. The first kappa shape index (κ1) is 18.7. The van der Waals surface area contributed by atoms with Crippen molar-refractivity contribution in [1.29, 1.82) is 0 Å². The third kappa shape index (κ3) is 3.70. The molecule has 3 N–H and O–H groups in total. The molecule has 3 aliphatic carbocycles. The molecule has 0 aromatic rings. The van der Waals surface area contributed by atoms with E-state index >= 15 is 0 Å². The monoisotopic (exact) mass is 348 g/mol. The SMILES string of the molecule is C[C@H](C(=O)O)[C@H]1CC[C@H]2C(=CC=C3C[C@@H](O)C[C@H](O)C3)CCC[C@]12C. The Bertz CT molecular complexity index is 566. The highest BCUT2D eigenvalue weighted by molar-refractivity contribution is 5.70. The van der Waals surface area contributed by atoms with Gasteiger partial charge in [-0.25, -0.2) is 0 Å². The third-order valence-corrected chi connectivity index (χ3v) is 7.10. The quantitative estimate of drug-likeness (QED) is 0.727. The highest BCUT2D eigenvalue weighted by atomic mass is 16.4. The van der Waals surface area contributed by atoms with Crippen LogP contribution >= 0.6 is 0 Å². The van der Waals surface area contributed by atoms with E-state index in [2.05, 4.69) is 19.1 Å². The summed E-state index contributed by atoms with van der Waals surface area (Å²) in [6.07, 6.45) is 10.7. The zero-order valence-electron chi connectivity index (χ0n) is 15.4. The summed E-state index contributed by atoms with van der Waals surface area (Å²) in [7, 11) is 0. The maximum atomic E-state index is 11.5. The van der Waals surface area contributed by atoms with E-state index in [9.17, 15) is 20.1 Å². The summed E-state index contributed by atoms with van der Waals surface area (Å²) in [6.45, 7) is 4.16. The standard InChI is InChI=1S/C21H32O4/c1-13(20(24)25)18-7-8-19-15(4-3-9-21(18,19)2)6-5-14-10-16(22)12-17(23)11-14/h5-6,13,16-19,22-23H,3-4,7-12H2,1-2H3,(H,24,25)/t13-,16+,17+,18+,19-,21+/m0/s1. The Morgan fingerprint density at radius 1 is 1.20 bits per heavy atom. The minimum Gasteiger partial charge on any atom is -0.481 e. The van der Waals surface area contributed by atoms with Gasteiger partial charge in [0.2, 0.25) is 0 Å². The van der Waals surface area contributed by atoms with Gasteiger partial charge in [0.05, 0.1) is 18.1 Å². The van der Waals surface area contributed by atoms with Crippen LogP contribution in [-0.4, -0.2) is 33.5 Å². The van der Waals surface area contributed by atoms with Crippen LogP contribution in [0.25, 0.3) is 0 Å². The Morgan fingerprint density at radius 3 is 2.52 bits per heavy atom. The van der Waals surface area contributed by atoms with Gasteiger partial charge >= 0.3 is 5.97 Å². The number of carboxylic acid groups (broad SMARTS) is 1. The second-order valence-corrected chi connectivity index (χ2v) is 8.74. The van der Waals surface area contributed by atoms with Gasteiger partial charge in [0.15, 0.2) is 0 Å². The molecule has 0 unspecified atom stereocenters. The van der Waals surface area contributed by atoms with E-state index in [4.69, 9.17) is 0 Å². The van der Waals surface area contributed by atoms with Crippen molar-refractivity contribution in [2.24, 2.45) is 23.2 Å². The first-order valence-electron chi connectivity index (χ1n) is 9.78. The van der Waals surface area contributed by atoms with E-state index in [1.807, 2.05) is 6.92 Å². The summed E-state index contributed by atoms with van der Waals surface area (Å²) in [4.78, 5) is 11.5. The summed E-state index contributed by atoms with van der Waals surface area (Å²) in [5.41, 5.74) is 2.65. The van der Waals surface area contributed by atoms with Crippen LogP contribution < -0.4 is 0 Å². The van der Waals surface area contributed by atoms with E-state index in [1.165, 1.54) is 5.57 Å². The van der Waals surface area contributed by atoms with Crippen molar-refractivity contribution >= 4 is 5.97 Å². The number of aliphatic hydroxyl groups excluding tert-OH is 2. The number of fused-ring (bicyclic) bond motifs is 1. The average molecular weight is 348 g/mol. The fourth-order valence-electron chi connectivity index (χ4n) is 5.80. The molecule has 3 saturated carbocycles. The van der Waals surface area contributed by atoms with Crippen LogP contribution in [0.15, 0.2) is 23.3 Å². The Morgan fingerprint density at radius 2 is 1.88 bits per heavy atom. The van der Waals surface area contributed by atoms with Gasteiger partial charge in [0.1, 0.15) is 0 Å². The van der Waals surface area contributed by atoms with Crippen molar-refractivity contribution in [1.82, 2.24) is 0 Å². The van der Waals surface area contributed by atoms with E-state index < -0.39 is 18.2 Å². The Labute approximate surface area is 150 Å². The fraction of sp³-hybridized carbons (Fsp3) is 0.762. The highest BCUT2D eigenvalue weighted by Gasteiger charge is 2.51. The number of hydrogen-bond donors (Lipinski definition) is 3. The lowest BCUT2D eigenvalue weighted by molar-refractivity contribution is -0.144. The van der Waals surface area contributed by atoms with Gasteiger partial charge in [-0.1, -0.05) is 37.1 Å². The molecule has 0 aromatic heterocycles. The van der Waals surface area contributed by atoms with E-state index in [0.717, 1.165) is 37.7 Å². The summed E-state index contributed by atoms with van der Waals surface area (Å²) in [6, 6.07) is 0. The molecule has 4 heteroatoms. The molecule has 25 heavy (non-hydrogen) atoms. The maximum Gasteiger partial charge on any atom is 0.306 e. The van der Waals surface area contributed by atoms with Gasteiger partial charge < -0.3 is 15.3 Å². The van der Waals surface area contributed by atoms with Gasteiger partial charge in [-0.3, -0.25) is 4.79 Å². The molecule has 0 saturated heterocycles. The Hall–Kier alpha value is -1.13. The molecular formula is C21H32O4. The maximum absolute atomic E-state index is 11.5. The molecule has 0 radical (unpaired) electrons. The first-order chi connectivity index (χ1) is 11.8. The number of carboxylic acids is 1. The minimum absolute atomic E-state index is 0.0893. The van der Waals surface area contributed by atoms with Crippen molar-refractivity contribution in [3.8, 4) is 0 Å². The third-order valence-electron chi connectivity index (χ3n) is 7.10. The number of hydrogen-bond acceptors (Lipinski definition) is 3. The van der Waals surface area contributed by atoms with Gasteiger partial charge in [0, 0.05) is 0 Å². The molecule has 3 fully saturated rings. The number of carbonyl (C=O) groups is 1. The smallest absolute Gasteiger partial charge is 0.306 e. The molecule has 140 valence electrons. The van der Waals surface area contributed by atoms with Crippen molar-refractivity contribution in [3.05, 3.63) is 23.3 Å². The van der Waals surface area contributed by atoms with Crippen LogP contribution in [0.1, 0.15) is 65.2 Å². The Balaban J connectivity index is 1.79. The second kappa shape index (κ2) is 7.24. The van der Waals surface area contributed by atoms with Crippen molar-refractivity contribution in [3.63, 3.8) is 0 Å². The lowest BCUT2D eigenvalue weighted by Gasteiger charge is -2.43. The summed E-state index contributed by atoms with van der Waals surface area (Å²) in [5, 5.41) is 29.2. The molecule has 3 aliphatic rings. The first-order valence-corrected chi connectivity index (χ1v) is 9.78. The molecule has 3 rings (SSSR count). The molecule has 6 atom stereocenters. The lowest BCUT2D eigenvalue weighted by atomic mass is 9.61. The fourth-order valence-corrected chi connectivity index (χ4v) is 5.80.